The monoisotopic (exact) mass is 219 g/mol. The zero-order valence-electron chi connectivity index (χ0n) is 9.23. The standard InChI is InChI=1S/C9H17NO5/c1-4-15-8(11)9(12,5-7(2)3)6-10(13)14/h7,12H,4-6H2,1-3H3. The first-order chi connectivity index (χ1) is 6.81. The minimum Gasteiger partial charge on any atom is -0.464 e. The van der Waals surface area contributed by atoms with Crippen LogP contribution in [0.5, 0.6) is 0 Å². The van der Waals surface area contributed by atoms with Gasteiger partial charge in [-0.1, -0.05) is 13.8 Å². The first kappa shape index (κ1) is 13.8. The zero-order valence-corrected chi connectivity index (χ0v) is 9.23. The van der Waals surface area contributed by atoms with Gasteiger partial charge in [0.15, 0.2) is 0 Å². The summed E-state index contributed by atoms with van der Waals surface area (Å²) < 4.78 is 4.62. The largest absolute Gasteiger partial charge is 0.464 e. The van der Waals surface area contributed by atoms with Crippen molar-refractivity contribution >= 4 is 5.97 Å². The zero-order chi connectivity index (χ0) is 12.1. The van der Waals surface area contributed by atoms with Crippen LogP contribution in [0.3, 0.4) is 0 Å². The van der Waals surface area contributed by atoms with Gasteiger partial charge in [-0.05, 0) is 19.3 Å². The summed E-state index contributed by atoms with van der Waals surface area (Å²) in [6, 6.07) is 0. The molecule has 0 radical (unpaired) electrons. The van der Waals surface area contributed by atoms with Gasteiger partial charge in [-0.15, -0.1) is 0 Å². The van der Waals surface area contributed by atoms with Crippen LogP contribution in [0.2, 0.25) is 0 Å². The van der Waals surface area contributed by atoms with Gasteiger partial charge in [0.1, 0.15) is 0 Å². The third kappa shape index (κ3) is 4.73. The SMILES string of the molecule is CCOC(=O)C(O)(CC(C)C)C[N+](=O)[O-]. The third-order valence-electron chi connectivity index (χ3n) is 1.79. The number of esters is 1. The molecule has 0 fully saturated rings. The van der Waals surface area contributed by atoms with Crippen molar-refractivity contribution in [2.45, 2.75) is 32.8 Å². The van der Waals surface area contributed by atoms with Gasteiger partial charge in [-0.25, -0.2) is 4.79 Å². The van der Waals surface area contributed by atoms with Crippen molar-refractivity contribution in [1.29, 1.82) is 0 Å². The maximum atomic E-state index is 11.4. The molecule has 1 N–H and O–H groups in total. The molecule has 0 aromatic heterocycles. The Kier molecular flexibility index (Phi) is 5.21. The van der Waals surface area contributed by atoms with E-state index in [1.807, 2.05) is 0 Å². The Morgan fingerprint density at radius 1 is 1.60 bits per heavy atom. The number of aliphatic hydroxyl groups is 1. The number of ether oxygens (including phenoxy) is 1. The fourth-order valence-electron chi connectivity index (χ4n) is 1.37. The lowest BCUT2D eigenvalue weighted by molar-refractivity contribution is -0.498. The summed E-state index contributed by atoms with van der Waals surface area (Å²) in [4.78, 5) is 21.0. The lowest BCUT2D eigenvalue weighted by Gasteiger charge is -2.23. The van der Waals surface area contributed by atoms with Crippen LogP contribution in [0, 0.1) is 16.0 Å². The van der Waals surface area contributed by atoms with Gasteiger partial charge in [0.2, 0.25) is 12.1 Å². The molecule has 1 atom stereocenters. The molecule has 0 aromatic carbocycles. The molecule has 6 heteroatoms. The number of carbonyl (C=O) groups excluding carboxylic acids is 1. The summed E-state index contributed by atoms with van der Waals surface area (Å²) in [6.45, 7) is 4.40. The van der Waals surface area contributed by atoms with E-state index < -0.39 is 23.0 Å². The maximum absolute atomic E-state index is 11.4. The highest BCUT2D eigenvalue weighted by molar-refractivity contribution is 5.79. The summed E-state index contributed by atoms with van der Waals surface area (Å²) >= 11 is 0. The molecule has 0 spiro atoms. The van der Waals surface area contributed by atoms with Gasteiger partial charge < -0.3 is 9.84 Å². The molecule has 0 bridgehead atoms. The molecule has 0 amide bonds. The molecule has 6 nitrogen and oxygen atoms in total. The summed E-state index contributed by atoms with van der Waals surface area (Å²) in [5.41, 5.74) is -2.01. The number of nitrogens with zero attached hydrogens (tertiary/aromatic N) is 1. The Bertz CT molecular complexity index is 241. The summed E-state index contributed by atoms with van der Waals surface area (Å²) in [5, 5.41) is 20.2. The van der Waals surface area contributed by atoms with Crippen LogP contribution in [0.1, 0.15) is 27.2 Å². The van der Waals surface area contributed by atoms with Crippen LogP contribution in [0.15, 0.2) is 0 Å². The van der Waals surface area contributed by atoms with Crippen LogP contribution < -0.4 is 0 Å². The molecule has 88 valence electrons. The molecule has 0 saturated heterocycles. The van der Waals surface area contributed by atoms with Crippen molar-refractivity contribution in [2.24, 2.45) is 5.92 Å². The van der Waals surface area contributed by atoms with E-state index in [1.54, 1.807) is 20.8 Å². The fraction of sp³-hybridized carbons (Fsp3) is 0.889. The van der Waals surface area contributed by atoms with E-state index in [0.29, 0.717) is 0 Å². The summed E-state index contributed by atoms with van der Waals surface area (Å²) in [5.74, 6) is -0.949. The quantitative estimate of drug-likeness (QED) is 0.401. The van der Waals surface area contributed by atoms with E-state index in [2.05, 4.69) is 4.74 Å². The smallest absolute Gasteiger partial charge is 0.345 e. The first-order valence-electron chi connectivity index (χ1n) is 4.83. The van der Waals surface area contributed by atoms with Gasteiger partial charge >= 0.3 is 5.97 Å². The second-order valence-corrected chi connectivity index (χ2v) is 3.84. The molecule has 0 aliphatic rings. The third-order valence-corrected chi connectivity index (χ3v) is 1.79. The van der Waals surface area contributed by atoms with Gasteiger partial charge in [0, 0.05) is 4.92 Å². The average Bonchev–Trinajstić information content (AvgIpc) is 2.01. The van der Waals surface area contributed by atoms with Crippen LogP contribution in [0.4, 0.5) is 0 Å². The number of hydrogen-bond acceptors (Lipinski definition) is 5. The number of rotatable bonds is 6. The van der Waals surface area contributed by atoms with Crippen molar-refractivity contribution in [3.05, 3.63) is 10.1 Å². The predicted octanol–water partition coefficient (Wildman–Crippen LogP) is 0.603. The van der Waals surface area contributed by atoms with Crippen molar-refractivity contribution in [2.75, 3.05) is 13.2 Å². The van der Waals surface area contributed by atoms with E-state index in [1.165, 1.54) is 0 Å². The predicted molar refractivity (Wildman–Crippen MR) is 52.9 cm³/mol. The van der Waals surface area contributed by atoms with Gasteiger partial charge in [-0.2, -0.15) is 0 Å². The molecule has 1 unspecified atom stereocenters. The molecule has 0 aliphatic carbocycles. The molecule has 15 heavy (non-hydrogen) atoms. The highest BCUT2D eigenvalue weighted by Gasteiger charge is 2.43. The molecule has 0 aliphatic heterocycles. The fourth-order valence-corrected chi connectivity index (χ4v) is 1.37. The van der Waals surface area contributed by atoms with Crippen molar-refractivity contribution in [3.8, 4) is 0 Å². The normalized spacial score (nSPS) is 14.7. The van der Waals surface area contributed by atoms with Crippen molar-refractivity contribution in [3.63, 3.8) is 0 Å². The minimum absolute atomic E-state index is 0.0206. The first-order valence-corrected chi connectivity index (χ1v) is 4.83. The van der Waals surface area contributed by atoms with E-state index in [-0.39, 0.29) is 18.9 Å². The molecule has 0 rings (SSSR count). The molecular weight excluding hydrogens is 202 g/mol. The van der Waals surface area contributed by atoms with Crippen LogP contribution in [-0.4, -0.2) is 34.8 Å². The number of carbonyl (C=O) groups is 1. The van der Waals surface area contributed by atoms with E-state index >= 15 is 0 Å². The van der Waals surface area contributed by atoms with Crippen LogP contribution in [-0.2, 0) is 9.53 Å². The second kappa shape index (κ2) is 5.65. The second-order valence-electron chi connectivity index (χ2n) is 3.84. The Balaban J connectivity index is 4.67. The Hall–Kier alpha value is -1.17. The van der Waals surface area contributed by atoms with E-state index in [0.717, 1.165) is 0 Å². The molecule has 0 saturated carbocycles. The summed E-state index contributed by atoms with van der Waals surface area (Å²) in [6.07, 6.45) is 0.0206. The lowest BCUT2D eigenvalue weighted by Crippen LogP contribution is -2.47. The highest BCUT2D eigenvalue weighted by Crippen LogP contribution is 2.19. The number of hydrogen-bond donors (Lipinski definition) is 1. The topological polar surface area (TPSA) is 89.7 Å². The van der Waals surface area contributed by atoms with Crippen molar-refractivity contribution in [1.82, 2.24) is 0 Å². The maximum Gasteiger partial charge on any atom is 0.345 e. The van der Waals surface area contributed by atoms with Crippen LogP contribution in [0.25, 0.3) is 0 Å². The van der Waals surface area contributed by atoms with Gasteiger partial charge in [0.05, 0.1) is 6.61 Å². The Morgan fingerprint density at radius 3 is 2.47 bits per heavy atom. The molecule has 0 aromatic rings. The van der Waals surface area contributed by atoms with Crippen LogP contribution >= 0.6 is 0 Å². The number of nitro groups is 1. The minimum atomic E-state index is -2.01. The van der Waals surface area contributed by atoms with Gasteiger partial charge in [0.25, 0.3) is 0 Å². The Labute approximate surface area is 88.4 Å². The van der Waals surface area contributed by atoms with E-state index in [9.17, 15) is 20.0 Å². The Morgan fingerprint density at radius 2 is 2.13 bits per heavy atom. The van der Waals surface area contributed by atoms with Gasteiger partial charge in [-0.3, -0.25) is 10.1 Å². The van der Waals surface area contributed by atoms with E-state index in [4.69, 9.17) is 0 Å². The highest BCUT2D eigenvalue weighted by atomic mass is 16.6. The lowest BCUT2D eigenvalue weighted by atomic mass is 9.92. The average molecular weight is 219 g/mol. The summed E-state index contributed by atoms with van der Waals surface area (Å²) in [7, 11) is 0. The molecular formula is C9H17NO5. The van der Waals surface area contributed by atoms with Crippen molar-refractivity contribution < 1.29 is 19.6 Å². The molecule has 0 heterocycles.